The van der Waals surface area contributed by atoms with Gasteiger partial charge in [0.05, 0.1) is 0 Å². The Labute approximate surface area is 51.7 Å². The van der Waals surface area contributed by atoms with Gasteiger partial charge in [0, 0.05) is 18.1 Å². The Kier molecular flexibility index (Phi) is 2.63. The van der Waals surface area contributed by atoms with Gasteiger partial charge >= 0.3 is 0 Å². The molecule has 0 bridgehead atoms. The first-order chi connectivity index (χ1) is 3.29. The maximum absolute atomic E-state index is 5.27. The second kappa shape index (κ2) is 2.78. The zero-order chi connectivity index (χ0) is 5.28. The summed E-state index contributed by atoms with van der Waals surface area (Å²) in [6, 6.07) is 0. The zero-order valence-electron chi connectivity index (χ0n) is 4.29. The molecule has 5 nitrogen and oxygen atoms in total. The lowest BCUT2D eigenvalue weighted by molar-refractivity contribution is 0.440. The molecule has 6 heteroatoms. The molecule has 0 amide bonds. The van der Waals surface area contributed by atoms with E-state index in [1.54, 1.807) is 6.20 Å². The molecular formula is C2H9N5S. The minimum atomic E-state index is 0. The predicted octanol–water partition coefficient (Wildman–Crippen LogP) is -0.752. The van der Waals surface area contributed by atoms with Gasteiger partial charge in [0.15, 0.2) is 0 Å². The van der Waals surface area contributed by atoms with Crippen LogP contribution in [-0.4, -0.2) is 4.52 Å². The van der Waals surface area contributed by atoms with Crippen molar-refractivity contribution in [2.24, 2.45) is 11.6 Å². The Balaban J connectivity index is 0.000000490. The smallest absolute Gasteiger partial charge is 0.102 e. The van der Waals surface area contributed by atoms with E-state index in [1.165, 1.54) is 16.5 Å². The van der Waals surface area contributed by atoms with Crippen LogP contribution in [-0.2, 0) is 0 Å². The van der Waals surface area contributed by atoms with Gasteiger partial charge < -0.3 is 17.3 Å². The second-order valence-corrected chi connectivity index (χ2v) is 2.14. The molecule has 1 heterocycles. The first kappa shape index (κ1) is 7.57. The van der Waals surface area contributed by atoms with Crippen LogP contribution in [0.25, 0.3) is 0 Å². The van der Waals surface area contributed by atoms with E-state index in [0.717, 1.165) is 0 Å². The quantitative estimate of drug-likeness (QED) is 0.257. The number of hydrogen-bond donors (Lipinski definition) is 4. The average molecular weight is 135 g/mol. The summed E-state index contributed by atoms with van der Waals surface area (Å²) in [5.41, 5.74) is 7.92. The lowest BCUT2D eigenvalue weighted by Crippen LogP contribution is -2.30. The summed E-state index contributed by atoms with van der Waals surface area (Å²) in [5.74, 6) is 5.18. The molecule has 8 N–H and O–H groups in total. The fourth-order valence-corrected chi connectivity index (χ4v) is 0.731. The number of hydrazine groups is 2. The molecule has 0 radical (unpaired) electrons. The van der Waals surface area contributed by atoms with Crippen molar-refractivity contribution in [3.63, 3.8) is 0 Å². The number of nitrogens with one attached hydrogen (secondary N) is 1. The van der Waals surface area contributed by atoms with Crippen LogP contribution in [0.4, 0.5) is 0 Å². The van der Waals surface area contributed by atoms with Gasteiger partial charge in [-0.2, -0.15) is 0 Å². The highest BCUT2D eigenvalue weighted by Gasteiger charge is 2.04. The van der Waals surface area contributed by atoms with Gasteiger partial charge in [-0.05, 0) is 0 Å². The maximum atomic E-state index is 5.27. The Bertz CT molecular complexity index is 101. The lowest BCUT2D eigenvalue weighted by atomic mass is 10.9. The van der Waals surface area contributed by atoms with Gasteiger partial charge in [0.1, 0.15) is 5.03 Å². The number of rotatable bonds is 0. The van der Waals surface area contributed by atoms with E-state index in [2.05, 4.69) is 5.43 Å². The molecule has 0 aromatic carbocycles. The van der Waals surface area contributed by atoms with Crippen LogP contribution in [0.5, 0.6) is 0 Å². The Morgan fingerprint density at radius 1 is 1.75 bits per heavy atom. The highest BCUT2D eigenvalue weighted by atomic mass is 32.2. The van der Waals surface area contributed by atoms with Crippen molar-refractivity contribution in [2.45, 2.75) is 0 Å². The first-order valence-corrected chi connectivity index (χ1v) is 2.51. The molecule has 8 heavy (non-hydrogen) atoms. The molecule has 0 aromatic rings. The van der Waals surface area contributed by atoms with Crippen molar-refractivity contribution in [1.82, 2.24) is 16.1 Å². The average Bonchev–Trinajstić information content (AvgIpc) is 1.87. The van der Waals surface area contributed by atoms with Crippen molar-refractivity contribution in [1.29, 1.82) is 0 Å². The molecule has 0 aliphatic carbocycles. The molecule has 1 aliphatic rings. The number of nitrogens with two attached hydrogens (primary N) is 2. The first-order valence-electron chi connectivity index (χ1n) is 1.73. The summed E-state index contributed by atoms with van der Waals surface area (Å²) in [6.45, 7) is 0. The molecule has 1 rings (SSSR count). The zero-order valence-corrected chi connectivity index (χ0v) is 5.11. The van der Waals surface area contributed by atoms with E-state index in [9.17, 15) is 0 Å². The van der Waals surface area contributed by atoms with E-state index in [1.807, 2.05) is 0 Å². The Hall–Kier alpha value is -0.430. The highest BCUT2D eigenvalue weighted by Crippen LogP contribution is 2.13. The summed E-state index contributed by atoms with van der Waals surface area (Å²) in [4.78, 5) is 0. The van der Waals surface area contributed by atoms with Crippen molar-refractivity contribution >= 4 is 11.9 Å². The molecule has 1 aliphatic heterocycles. The van der Waals surface area contributed by atoms with Crippen LogP contribution in [0.1, 0.15) is 0 Å². The monoisotopic (exact) mass is 135 g/mol. The molecule has 0 spiro atoms. The van der Waals surface area contributed by atoms with Crippen LogP contribution in [0, 0.1) is 0 Å². The molecule has 48 valence electrons. The van der Waals surface area contributed by atoms with Crippen molar-refractivity contribution in [3.8, 4) is 0 Å². The SMILES string of the molecule is N.NC1=CNN(N)S1. The van der Waals surface area contributed by atoms with Crippen LogP contribution in [0.3, 0.4) is 0 Å². The summed E-state index contributed by atoms with van der Waals surface area (Å²) < 4.78 is 1.33. The van der Waals surface area contributed by atoms with Crippen molar-refractivity contribution in [2.75, 3.05) is 0 Å². The summed E-state index contributed by atoms with van der Waals surface area (Å²) in [6.07, 6.45) is 1.63. The molecular weight excluding hydrogens is 126 g/mol. The minimum Gasteiger partial charge on any atom is -0.391 e. The summed E-state index contributed by atoms with van der Waals surface area (Å²) in [7, 11) is 0. The van der Waals surface area contributed by atoms with Crippen LogP contribution >= 0.6 is 11.9 Å². The van der Waals surface area contributed by atoms with Gasteiger partial charge in [-0.3, -0.25) is 0 Å². The summed E-state index contributed by atoms with van der Waals surface area (Å²) >= 11 is 1.26. The van der Waals surface area contributed by atoms with Crippen LogP contribution in [0.2, 0.25) is 0 Å². The predicted molar refractivity (Wildman–Crippen MR) is 34.0 cm³/mol. The molecule has 0 fully saturated rings. The second-order valence-electron chi connectivity index (χ2n) is 1.09. The molecule has 0 saturated heterocycles. The third kappa shape index (κ3) is 1.58. The fraction of sp³-hybridized carbons (Fsp3) is 0. The topological polar surface area (TPSA) is 102 Å². The molecule has 0 unspecified atom stereocenters. The van der Waals surface area contributed by atoms with Gasteiger partial charge in [0.2, 0.25) is 0 Å². The third-order valence-electron chi connectivity index (χ3n) is 0.538. The lowest BCUT2D eigenvalue weighted by Gasteiger charge is -2.02. The van der Waals surface area contributed by atoms with E-state index in [4.69, 9.17) is 11.6 Å². The van der Waals surface area contributed by atoms with Gasteiger partial charge in [-0.15, -0.1) is 0 Å². The van der Waals surface area contributed by atoms with Gasteiger partial charge in [-0.25, -0.2) is 5.84 Å². The van der Waals surface area contributed by atoms with E-state index in [-0.39, 0.29) is 6.15 Å². The number of hydrogen-bond acceptors (Lipinski definition) is 6. The Morgan fingerprint density at radius 3 is 2.50 bits per heavy atom. The highest BCUT2D eigenvalue weighted by molar-refractivity contribution is 8.00. The van der Waals surface area contributed by atoms with Gasteiger partial charge in [-0.1, -0.05) is 4.52 Å². The van der Waals surface area contributed by atoms with E-state index >= 15 is 0 Å². The largest absolute Gasteiger partial charge is 0.391 e. The minimum absolute atomic E-state index is 0. The van der Waals surface area contributed by atoms with Crippen LogP contribution in [0.15, 0.2) is 11.2 Å². The third-order valence-corrected chi connectivity index (χ3v) is 1.17. The van der Waals surface area contributed by atoms with Gasteiger partial charge in [0.25, 0.3) is 0 Å². The standard InChI is InChI=1S/C2H6N4S.H3N/c3-2-1-5-6(4)7-2;/h1,5H,3-4H2;1H3. The molecule has 0 atom stereocenters. The molecule has 0 aromatic heterocycles. The Morgan fingerprint density at radius 2 is 2.38 bits per heavy atom. The summed E-state index contributed by atoms with van der Waals surface area (Å²) in [5, 5.41) is 0.683. The van der Waals surface area contributed by atoms with E-state index < -0.39 is 0 Å². The molecule has 0 saturated carbocycles. The van der Waals surface area contributed by atoms with Crippen LogP contribution < -0.4 is 23.2 Å². The van der Waals surface area contributed by atoms with Crippen molar-refractivity contribution in [3.05, 3.63) is 11.2 Å². The number of nitrogens with zero attached hydrogens (tertiary/aromatic N) is 1. The van der Waals surface area contributed by atoms with E-state index in [0.29, 0.717) is 5.03 Å². The fourth-order valence-electron chi connectivity index (χ4n) is 0.294. The maximum Gasteiger partial charge on any atom is 0.102 e. The normalized spacial score (nSPS) is 18.9. The van der Waals surface area contributed by atoms with Crippen molar-refractivity contribution < 1.29 is 0 Å².